The topological polar surface area (TPSA) is 92.9 Å². The second kappa shape index (κ2) is 9.64. The largest absolute Gasteiger partial charge is 0.378 e. The molecule has 0 saturated carbocycles. The van der Waals surface area contributed by atoms with Crippen molar-refractivity contribution >= 4 is 15.9 Å². The van der Waals surface area contributed by atoms with Gasteiger partial charge in [-0.25, -0.2) is 8.42 Å². The fraction of sp³-hybridized carbons (Fsp3) is 0.632. The van der Waals surface area contributed by atoms with Gasteiger partial charge in [-0.2, -0.15) is 4.31 Å². The van der Waals surface area contributed by atoms with Crippen LogP contribution in [0.4, 0.5) is 0 Å². The molecule has 0 aliphatic carbocycles. The molecule has 1 aliphatic heterocycles. The average molecular weight is 398 g/mol. The van der Waals surface area contributed by atoms with Gasteiger partial charge in [0.1, 0.15) is 0 Å². The Bertz CT molecular complexity index is 701. The maximum atomic E-state index is 12.8. The molecule has 0 radical (unpaired) electrons. The lowest BCUT2D eigenvalue weighted by Crippen LogP contribution is -2.53. The third-order valence-corrected chi connectivity index (χ3v) is 6.68. The number of carbonyl (C=O) groups excluding carboxylic acids is 1. The zero-order valence-electron chi connectivity index (χ0n) is 16.4. The maximum Gasteiger partial charge on any atom is 0.227 e. The van der Waals surface area contributed by atoms with Gasteiger partial charge in [0, 0.05) is 32.2 Å². The number of benzene rings is 1. The van der Waals surface area contributed by atoms with Crippen LogP contribution in [0.25, 0.3) is 0 Å². The highest BCUT2D eigenvalue weighted by atomic mass is 32.2. The molecule has 2 N–H and O–H groups in total. The van der Waals surface area contributed by atoms with E-state index in [9.17, 15) is 13.2 Å². The van der Waals surface area contributed by atoms with Crippen LogP contribution < -0.4 is 5.73 Å². The summed E-state index contributed by atoms with van der Waals surface area (Å²) in [5.41, 5.74) is 7.18. The molecule has 1 heterocycles. The average Bonchev–Trinajstić information content (AvgIpc) is 2.66. The van der Waals surface area contributed by atoms with E-state index in [0.29, 0.717) is 26.2 Å². The molecule has 27 heavy (non-hydrogen) atoms. The third-order valence-electron chi connectivity index (χ3n) is 4.85. The molecule has 8 heteroatoms. The molecule has 1 amide bonds. The standard InChI is InChI=1S/C19H31N3O4S/c1-15(2)26-13-14-27(24,25)22-11-9-21(10-12-22)19(23)16(3)18(20)17-7-5-4-6-8-17/h4-8,15-16,18H,9-14,20H2,1-3H3. The van der Waals surface area contributed by atoms with Gasteiger partial charge in [0.05, 0.1) is 24.4 Å². The van der Waals surface area contributed by atoms with Crippen molar-refractivity contribution in [2.75, 3.05) is 38.5 Å². The van der Waals surface area contributed by atoms with Crippen LogP contribution in [0.15, 0.2) is 30.3 Å². The number of rotatable bonds is 8. The lowest BCUT2D eigenvalue weighted by atomic mass is 9.94. The SMILES string of the molecule is CC(C)OCCS(=O)(=O)N1CCN(C(=O)C(C)C(N)c2ccccc2)CC1. The molecule has 2 atom stereocenters. The van der Waals surface area contributed by atoms with Crippen LogP contribution >= 0.6 is 0 Å². The van der Waals surface area contributed by atoms with Crippen LogP contribution in [-0.2, 0) is 19.6 Å². The van der Waals surface area contributed by atoms with Crippen LogP contribution in [0.5, 0.6) is 0 Å². The van der Waals surface area contributed by atoms with E-state index in [1.54, 1.807) is 4.90 Å². The number of sulfonamides is 1. The summed E-state index contributed by atoms with van der Waals surface area (Å²) in [7, 11) is -3.36. The summed E-state index contributed by atoms with van der Waals surface area (Å²) in [6.07, 6.45) is 0.00461. The minimum absolute atomic E-state index is 0.00461. The Labute approximate surface area is 162 Å². The van der Waals surface area contributed by atoms with Crippen molar-refractivity contribution in [3.8, 4) is 0 Å². The molecule has 0 bridgehead atoms. The van der Waals surface area contributed by atoms with Gasteiger partial charge >= 0.3 is 0 Å². The summed E-state index contributed by atoms with van der Waals surface area (Å²) < 4.78 is 31.6. The maximum absolute atomic E-state index is 12.8. The van der Waals surface area contributed by atoms with Gasteiger partial charge in [-0.1, -0.05) is 37.3 Å². The summed E-state index contributed by atoms with van der Waals surface area (Å²) in [6, 6.07) is 9.16. The Morgan fingerprint density at radius 2 is 1.70 bits per heavy atom. The van der Waals surface area contributed by atoms with Crippen LogP contribution in [-0.4, -0.2) is 68.2 Å². The predicted molar refractivity (Wildman–Crippen MR) is 106 cm³/mol. The van der Waals surface area contributed by atoms with E-state index in [4.69, 9.17) is 10.5 Å². The molecule has 1 aromatic rings. The number of hydrogen-bond acceptors (Lipinski definition) is 5. The molecule has 1 saturated heterocycles. The van der Waals surface area contributed by atoms with E-state index in [-0.39, 0.29) is 36.3 Å². The molecule has 1 fully saturated rings. The molecular formula is C19H31N3O4S. The normalized spacial score (nSPS) is 18.5. The zero-order valence-corrected chi connectivity index (χ0v) is 17.2. The van der Waals surface area contributed by atoms with Crippen molar-refractivity contribution in [1.29, 1.82) is 0 Å². The lowest BCUT2D eigenvalue weighted by molar-refractivity contribution is -0.136. The summed E-state index contributed by atoms with van der Waals surface area (Å²) in [5.74, 6) is -0.435. The Balaban J connectivity index is 1.88. The second-order valence-corrected chi connectivity index (χ2v) is 9.27. The van der Waals surface area contributed by atoms with Crippen LogP contribution in [0, 0.1) is 5.92 Å². The first-order valence-electron chi connectivity index (χ1n) is 9.41. The number of nitrogens with two attached hydrogens (primary N) is 1. The number of piperazine rings is 1. The van der Waals surface area contributed by atoms with Crippen molar-refractivity contribution in [3.63, 3.8) is 0 Å². The van der Waals surface area contributed by atoms with E-state index in [0.717, 1.165) is 5.56 Å². The van der Waals surface area contributed by atoms with Crippen molar-refractivity contribution in [1.82, 2.24) is 9.21 Å². The smallest absolute Gasteiger partial charge is 0.227 e. The third kappa shape index (κ3) is 6.00. The van der Waals surface area contributed by atoms with E-state index in [1.165, 1.54) is 4.31 Å². The molecule has 0 aromatic heterocycles. The molecule has 152 valence electrons. The summed E-state index contributed by atoms with van der Waals surface area (Å²) >= 11 is 0. The van der Waals surface area contributed by atoms with E-state index >= 15 is 0 Å². The van der Waals surface area contributed by atoms with Crippen LogP contribution in [0.1, 0.15) is 32.4 Å². The highest BCUT2D eigenvalue weighted by Crippen LogP contribution is 2.22. The first-order valence-corrected chi connectivity index (χ1v) is 11.0. The Morgan fingerprint density at radius 1 is 1.11 bits per heavy atom. The van der Waals surface area contributed by atoms with Gasteiger partial charge in [0.2, 0.25) is 15.9 Å². The molecule has 1 aliphatic rings. The summed E-state index contributed by atoms with van der Waals surface area (Å²) in [4.78, 5) is 14.5. The van der Waals surface area contributed by atoms with Gasteiger partial charge in [0.25, 0.3) is 0 Å². The Kier molecular flexibility index (Phi) is 7.79. The van der Waals surface area contributed by atoms with Crippen LogP contribution in [0.3, 0.4) is 0 Å². The van der Waals surface area contributed by atoms with Gasteiger partial charge in [-0.15, -0.1) is 0 Å². The fourth-order valence-corrected chi connectivity index (χ4v) is 4.40. The molecule has 2 rings (SSSR count). The van der Waals surface area contributed by atoms with Crippen molar-refractivity contribution in [2.45, 2.75) is 32.9 Å². The predicted octanol–water partition coefficient (Wildman–Crippen LogP) is 1.22. The quantitative estimate of drug-likeness (QED) is 0.712. The van der Waals surface area contributed by atoms with E-state index in [2.05, 4.69) is 0 Å². The van der Waals surface area contributed by atoms with Crippen LogP contribution in [0.2, 0.25) is 0 Å². The number of ether oxygens (including phenoxy) is 1. The number of nitrogens with zero attached hydrogens (tertiary/aromatic N) is 2. The van der Waals surface area contributed by atoms with E-state index < -0.39 is 10.0 Å². The number of amides is 1. The molecule has 1 aromatic carbocycles. The first kappa shape index (κ1) is 21.8. The van der Waals surface area contributed by atoms with Gasteiger partial charge in [0.15, 0.2) is 0 Å². The highest BCUT2D eigenvalue weighted by molar-refractivity contribution is 7.89. The monoisotopic (exact) mass is 397 g/mol. The lowest BCUT2D eigenvalue weighted by Gasteiger charge is -2.36. The first-order chi connectivity index (χ1) is 12.7. The molecular weight excluding hydrogens is 366 g/mol. The van der Waals surface area contributed by atoms with Gasteiger partial charge in [-0.3, -0.25) is 4.79 Å². The van der Waals surface area contributed by atoms with Crippen molar-refractivity contribution in [2.24, 2.45) is 11.7 Å². The van der Waals surface area contributed by atoms with Gasteiger partial charge in [-0.05, 0) is 19.4 Å². The number of hydrogen-bond donors (Lipinski definition) is 1. The van der Waals surface area contributed by atoms with E-state index in [1.807, 2.05) is 51.1 Å². The minimum atomic E-state index is -3.36. The summed E-state index contributed by atoms with van der Waals surface area (Å²) in [6.45, 7) is 7.14. The Hall–Kier alpha value is -1.48. The summed E-state index contributed by atoms with van der Waals surface area (Å²) in [5, 5.41) is 0. The van der Waals surface area contributed by atoms with Crippen molar-refractivity contribution < 1.29 is 17.9 Å². The highest BCUT2D eigenvalue weighted by Gasteiger charge is 2.32. The Morgan fingerprint density at radius 3 is 2.26 bits per heavy atom. The number of carbonyl (C=O) groups is 1. The molecule has 0 spiro atoms. The molecule has 2 unspecified atom stereocenters. The minimum Gasteiger partial charge on any atom is -0.378 e. The molecule has 7 nitrogen and oxygen atoms in total. The zero-order chi connectivity index (χ0) is 20.0. The second-order valence-electron chi connectivity index (χ2n) is 7.19. The van der Waals surface area contributed by atoms with Crippen molar-refractivity contribution in [3.05, 3.63) is 35.9 Å². The van der Waals surface area contributed by atoms with Gasteiger partial charge < -0.3 is 15.4 Å². The fourth-order valence-electron chi connectivity index (χ4n) is 3.11.